The SMILES string of the molecule is CCOc1ccc(Nc2nc(N3C[C@H](C)O[C@@H](C)C3)nc(N)c2[N+](=O)[O-])cc1. The summed E-state index contributed by atoms with van der Waals surface area (Å²) in [7, 11) is 0. The van der Waals surface area contributed by atoms with E-state index in [-0.39, 0.29) is 29.5 Å². The number of rotatable bonds is 6. The number of nitrogens with two attached hydrogens (primary N) is 1. The van der Waals surface area contributed by atoms with Gasteiger partial charge in [-0.05, 0) is 45.0 Å². The average molecular weight is 388 g/mol. The quantitative estimate of drug-likeness (QED) is 0.567. The molecule has 1 aromatic carbocycles. The van der Waals surface area contributed by atoms with Crippen LogP contribution in [0.3, 0.4) is 0 Å². The molecule has 0 unspecified atom stereocenters. The van der Waals surface area contributed by atoms with E-state index in [1.807, 2.05) is 25.7 Å². The zero-order valence-corrected chi connectivity index (χ0v) is 16.1. The van der Waals surface area contributed by atoms with Gasteiger partial charge >= 0.3 is 5.69 Å². The van der Waals surface area contributed by atoms with Crippen LogP contribution in [0.2, 0.25) is 0 Å². The van der Waals surface area contributed by atoms with Gasteiger partial charge in [-0.2, -0.15) is 9.97 Å². The van der Waals surface area contributed by atoms with Crippen LogP contribution in [0.15, 0.2) is 24.3 Å². The van der Waals surface area contributed by atoms with Crippen molar-refractivity contribution < 1.29 is 14.4 Å². The van der Waals surface area contributed by atoms with Crippen LogP contribution in [-0.4, -0.2) is 46.8 Å². The molecule has 2 atom stereocenters. The summed E-state index contributed by atoms with van der Waals surface area (Å²) in [6.07, 6.45) is -0.0161. The Kier molecular flexibility index (Phi) is 5.78. The van der Waals surface area contributed by atoms with Gasteiger partial charge in [0.2, 0.25) is 17.6 Å². The minimum Gasteiger partial charge on any atom is -0.494 e. The Morgan fingerprint density at radius 1 is 1.29 bits per heavy atom. The summed E-state index contributed by atoms with van der Waals surface area (Å²) in [5, 5.41) is 14.5. The summed E-state index contributed by atoms with van der Waals surface area (Å²) >= 11 is 0. The zero-order valence-electron chi connectivity index (χ0n) is 16.1. The fourth-order valence-corrected chi connectivity index (χ4v) is 3.15. The average Bonchev–Trinajstić information content (AvgIpc) is 2.62. The van der Waals surface area contributed by atoms with Crippen molar-refractivity contribution in [1.29, 1.82) is 0 Å². The first-order valence-corrected chi connectivity index (χ1v) is 9.09. The first-order valence-electron chi connectivity index (χ1n) is 9.09. The first kappa shape index (κ1) is 19.6. The summed E-state index contributed by atoms with van der Waals surface area (Å²) in [6, 6.07) is 7.06. The van der Waals surface area contributed by atoms with Crippen LogP contribution in [0.4, 0.5) is 29.0 Å². The highest BCUT2D eigenvalue weighted by Crippen LogP contribution is 2.33. The van der Waals surface area contributed by atoms with Crippen molar-refractivity contribution >= 4 is 29.0 Å². The van der Waals surface area contributed by atoms with Crippen LogP contribution >= 0.6 is 0 Å². The second kappa shape index (κ2) is 8.26. The molecule has 150 valence electrons. The number of anilines is 4. The van der Waals surface area contributed by atoms with Gasteiger partial charge in [0.25, 0.3) is 0 Å². The third kappa shape index (κ3) is 4.39. The second-order valence-corrected chi connectivity index (χ2v) is 6.61. The van der Waals surface area contributed by atoms with E-state index in [2.05, 4.69) is 15.3 Å². The lowest BCUT2D eigenvalue weighted by Gasteiger charge is -2.35. The van der Waals surface area contributed by atoms with Crippen LogP contribution in [0.25, 0.3) is 0 Å². The molecule has 0 radical (unpaired) electrons. The lowest BCUT2D eigenvalue weighted by Crippen LogP contribution is -2.46. The van der Waals surface area contributed by atoms with Crippen molar-refractivity contribution in [1.82, 2.24) is 9.97 Å². The molecule has 10 heteroatoms. The summed E-state index contributed by atoms with van der Waals surface area (Å²) in [5.41, 5.74) is 6.18. The minimum absolute atomic E-state index is 0.00807. The largest absolute Gasteiger partial charge is 0.494 e. The molecule has 1 aromatic heterocycles. The number of nitrogen functional groups attached to an aromatic ring is 1. The van der Waals surface area contributed by atoms with Gasteiger partial charge in [0.05, 0.1) is 23.7 Å². The summed E-state index contributed by atoms with van der Waals surface area (Å²) in [6.45, 7) is 7.51. The number of hydrogen-bond donors (Lipinski definition) is 2. The molecule has 0 saturated carbocycles. The minimum atomic E-state index is -0.583. The molecule has 3 rings (SSSR count). The number of nitrogens with one attached hydrogen (secondary N) is 1. The molecule has 0 amide bonds. The number of nitro groups is 1. The molecule has 28 heavy (non-hydrogen) atoms. The van der Waals surface area contributed by atoms with Crippen LogP contribution < -0.4 is 20.7 Å². The summed E-state index contributed by atoms with van der Waals surface area (Å²) in [4.78, 5) is 21.4. The van der Waals surface area contributed by atoms with Gasteiger partial charge in [0.15, 0.2) is 0 Å². The molecule has 3 N–H and O–H groups in total. The molecule has 0 bridgehead atoms. The van der Waals surface area contributed by atoms with Crippen LogP contribution in [0.1, 0.15) is 20.8 Å². The first-order chi connectivity index (χ1) is 13.4. The Morgan fingerprint density at radius 2 is 1.93 bits per heavy atom. The monoisotopic (exact) mass is 388 g/mol. The molecule has 1 aliphatic heterocycles. The Hall–Kier alpha value is -3.14. The molecule has 2 aromatic rings. The van der Waals surface area contributed by atoms with Gasteiger partial charge < -0.3 is 25.4 Å². The highest BCUT2D eigenvalue weighted by molar-refractivity contribution is 5.74. The molecule has 0 spiro atoms. The highest BCUT2D eigenvalue weighted by Gasteiger charge is 2.29. The number of benzene rings is 1. The number of aromatic nitrogens is 2. The topological polar surface area (TPSA) is 129 Å². The normalized spacial score (nSPS) is 19.3. The standard InChI is InChI=1S/C18H24N6O4/c1-4-27-14-7-5-13(6-8-14)20-17-15(24(25)26)16(19)21-18(22-17)23-9-11(2)28-12(3)10-23/h5-8,11-12H,4,9-10H2,1-3H3,(H3,19,20,21,22)/t11-,12-/m0/s1. The maximum atomic E-state index is 11.5. The van der Waals surface area contributed by atoms with E-state index in [0.717, 1.165) is 0 Å². The fourth-order valence-electron chi connectivity index (χ4n) is 3.15. The van der Waals surface area contributed by atoms with Gasteiger partial charge in [-0.15, -0.1) is 0 Å². The predicted octanol–water partition coefficient (Wildman–Crippen LogP) is 2.72. The molecule has 1 fully saturated rings. The van der Waals surface area contributed by atoms with E-state index in [1.165, 1.54) is 0 Å². The fraction of sp³-hybridized carbons (Fsp3) is 0.444. The van der Waals surface area contributed by atoms with E-state index in [9.17, 15) is 10.1 Å². The third-order valence-corrected chi connectivity index (χ3v) is 4.21. The van der Waals surface area contributed by atoms with E-state index < -0.39 is 4.92 Å². The number of morpholine rings is 1. The zero-order chi connectivity index (χ0) is 20.3. The molecule has 1 aliphatic rings. The summed E-state index contributed by atoms with van der Waals surface area (Å²) in [5.74, 6) is 0.902. The highest BCUT2D eigenvalue weighted by atomic mass is 16.6. The van der Waals surface area contributed by atoms with Crippen LogP contribution in [0, 0.1) is 10.1 Å². The van der Waals surface area contributed by atoms with E-state index in [4.69, 9.17) is 15.2 Å². The molecule has 10 nitrogen and oxygen atoms in total. The Bertz CT molecular complexity index is 835. The van der Waals surface area contributed by atoms with Gasteiger partial charge in [-0.3, -0.25) is 10.1 Å². The summed E-state index contributed by atoms with van der Waals surface area (Å²) < 4.78 is 11.1. The van der Waals surface area contributed by atoms with Crippen molar-refractivity contribution in [2.75, 3.05) is 35.6 Å². The van der Waals surface area contributed by atoms with Gasteiger partial charge in [0.1, 0.15) is 5.75 Å². The predicted molar refractivity (Wildman–Crippen MR) is 106 cm³/mol. The van der Waals surface area contributed by atoms with Crippen LogP contribution in [0.5, 0.6) is 5.75 Å². The van der Waals surface area contributed by atoms with E-state index in [0.29, 0.717) is 37.1 Å². The lowest BCUT2D eigenvalue weighted by molar-refractivity contribution is -0.383. The molecule has 1 saturated heterocycles. The molecular weight excluding hydrogens is 364 g/mol. The van der Waals surface area contributed by atoms with Gasteiger partial charge in [-0.25, -0.2) is 0 Å². The van der Waals surface area contributed by atoms with Crippen molar-refractivity contribution in [3.8, 4) is 5.75 Å². The van der Waals surface area contributed by atoms with Crippen molar-refractivity contribution in [2.45, 2.75) is 33.0 Å². The Labute approximate surface area is 162 Å². The van der Waals surface area contributed by atoms with Crippen LogP contribution in [-0.2, 0) is 4.74 Å². The number of hydrogen-bond acceptors (Lipinski definition) is 9. The van der Waals surface area contributed by atoms with Crippen molar-refractivity contribution in [2.24, 2.45) is 0 Å². The smallest absolute Gasteiger partial charge is 0.353 e. The number of ether oxygens (including phenoxy) is 2. The maximum absolute atomic E-state index is 11.5. The molecule has 2 heterocycles. The lowest BCUT2D eigenvalue weighted by atomic mass is 10.2. The van der Waals surface area contributed by atoms with Crippen molar-refractivity contribution in [3.63, 3.8) is 0 Å². The maximum Gasteiger partial charge on any atom is 0.353 e. The molecular formula is C18H24N6O4. The third-order valence-electron chi connectivity index (χ3n) is 4.21. The molecule has 0 aliphatic carbocycles. The van der Waals surface area contributed by atoms with E-state index in [1.54, 1.807) is 24.3 Å². The number of nitrogens with zero attached hydrogens (tertiary/aromatic N) is 4. The van der Waals surface area contributed by atoms with Crippen molar-refractivity contribution in [3.05, 3.63) is 34.4 Å². The van der Waals surface area contributed by atoms with Gasteiger partial charge in [-0.1, -0.05) is 0 Å². The Balaban J connectivity index is 1.93. The van der Waals surface area contributed by atoms with E-state index >= 15 is 0 Å². The second-order valence-electron chi connectivity index (χ2n) is 6.61. The Morgan fingerprint density at radius 3 is 2.50 bits per heavy atom. The van der Waals surface area contributed by atoms with Gasteiger partial charge in [0, 0.05) is 18.8 Å².